The summed E-state index contributed by atoms with van der Waals surface area (Å²) >= 11 is 0. The molecule has 1 aromatic carbocycles. The summed E-state index contributed by atoms with van der Waals surface area (Å²) in [6, 6.07) is 9.38. The molecule has 1 unspecified atom stereocenters. The van der Waals surface area contributed by atoms with Crippen molar-refractivity contribution < 1.29 is 19.1 Å². The van der Waals surface area contributed by atoms with E-state index in [9.17, 15) is 9.59 Å². The van der Waals surface area contributed by atoms with E-state index < -0.39 is 18.2 Å². The maximum Gasteiger partial charge on any atom is 0.336 e. The van der Waals surface area contributed by atoms with E-state index in [1.807, 2.05) is 37.3 Å². The number of hydrogen-bond donors (Lipinski definition) is 0. The first kappa shape index (κ1) is 16.7. The number of carbonyl (C=O) groups excluding carboxylic acids is 2. The van der Waals surface area contributed by atoms with Gasteiger partial charge in [-0.05, 0) is 25.0 Å². The number of esters is 2. The lowest BCUT2D eigenvalue weighted by atomic mass is 10.2. The maximum atomic E-state index is 11.7. The molecule has 0 fully saturated rings. The van der Waals surface area contributed by atoms with Gasteiger partial charge >= 0.3 is 11.9 Å². The Kier molecular flexibility index (Phi) is 6.95. The minimum atomic E-state index is -0.882. The first-order chi connectivity index (χ1) is 10.0. The zero-order chi connectivity index (χ0) is 15.7. The molecule has 0 aliphatic heterocycles. The Bertz CT molecular complexity index is 517. The van der Waals surface area contributed by atoms with Crippen LogP contribution in [-0.4, -0.2) is 18.2 Å². The molecule has 4 heteroatoms. The highest BCUT2D eigenvalue weighted by Crippen LogP contribution is 2.09. The van der Waals surface area contributed by atoms with Gasteiger partial charge in [0.25, 0.3) is 0 Å². The van der Waals surface area contributed by atoms with E-state index in [-0.39, 0.29) is 5.57 Å². The topological polar surface area (TPSA) is 52.6 Å². The quantitative estimate of drug-likeness (QED) is 0.438. The molecule has 0 saturated heterocycles. The Morgan fingerprint density at radius 2 is 1.90 bits per heavy atom. The van der Waals surface area contributed by atoms with E-state index in [1.165, 1.54) is 6.08 Å². The van der Waals surface area contributed by atoms with Crippen LogP contribution in [0.4, 0.5) is 0 Å². The van der Waals surface area contributed by atoms with Gasteiger partial charge in [0.15, 0.2) is 0 Å². The van der Waals surface area contributed by atoms with E-state index in [1.54, 1.807) is 13.0 Å². The second-order valence-corrected chi connectivity index (χ2v) is 4.58. The molecule has 0 aliphatic rings. The summed E-state index contributed by atoms with van der Waals surface area (Å²) in [6.45, 7) is 6.95. The van der Waals surface area contributed by atoms with Gasteiger partial charge in [0.1, 0.15) is 0 Å². The van der Waals surface area contributed by atoms with E-state index in [4.69, 9.17) is 9.47 Å². The Labute approximate surface area is 125 Å². The lowest BCUT2D eigenvalue weighted by molar-refractivity contribution is -0.182. The lowest BCUT2D eigenvalue weighted by Crippen LogP contribution is -2.24. The molecule has 0 spiro atoms. The summed E-state index contributed by atoms with van der Waals surface area (Å²) in [5.74, 6) is -1.11. The average Bonchev–Trinajstić information content (AvgIpc) is 2.46. The van der Waals surface area contributed by atoms with Crippen molar-refractivity contribution in [1.82, 2.24) is 0 Å². The van der Waals surface area contributed by atoms with Crippen LogP contribution < -0.4 is 0 Å². The van der Waals surface area contributed by atoms with Gasteiger partial charge in [0, 0.05) is 18.1 Å². The van der Waals surface area contributed by atoms with Crippen LogP contribution in [0.15, 0.2) is 48.6 Å². The summed E-state index contributed by atoms with van der Waals surface area (Å²) in [4.78, 5) is 23.2. The number of ether oxygens (including phenoxy) is 2. The monoisotopic (exact) mass is 288 g/mol. The zero-order valence-corrected chi connectivity index (χ0v) is 12.4. The van der Waals surface area contributed by atoms with E-state index in [2.05, 4.69) is 6.58 Å². The van der Waals surface area contributed by atoms with E-state index in [0.717, 1.165) is 12.0 Å². The molecule has 1 rings (SSSR count). The van der Waals surface area contributed by atoms with Crippen molar-refractivity contribution in [3.05, 3.63) is 54.1 Å². The second-order valence-electron chi connectivity index (χ2n) is 4.58. The largest absolute Gasteiger partial charge is 0.422 e. The van der Waals surface area contributed by atoms with Gasteiger partial charge in [0.05, 0.1) is 0 Å². The highest BCUT2D eigenvalue weighted by atomic mass is 16.7. The zero-order valence-electron chi connectivity index (χ0n) is 12.4. The van der Waals surface area contributed by atoms with Gasteiger partial charge in [-0.1, -0.05) is 43.8 Å². The lowest BCUT2D eigenvalue weighted by Gasteiger charge is -2.16. The minimum absolute atomic E-state index is 0.270. The molecule has 0 aliphatic carbocycles. The molecule has 0 heterocycles. The van der Waals surface area contributed by atoms with Crippen molar-refractivity contribution in [2.75, 3.05) is 0 Å². The van der Waals surface area contributed by atoms with Crippen LogP contribution in [0.2, 0.25) is 0 Å². The summed E-state index contributed by atoms with van der Waals surface area (Å²) < 4.78 is 10.2. The predicted octanol–water partition coefficient (Wildman–Crippen LogP) is 3.49. The summed E-state index contributed by atoms with van der Waals surface area (Å²) in [5.41, 5.74) is 1.16. The smallest absolute Gasteiger partial charge is 0.336 e. The molecular weight excluding hydrogens is 268 g/mol. The van der Waals surface area contributed by atoms with Crippen LogP contribution >= 0.6 is 0 Å². The summed E-state index contributed by atoms with van der Waals surface area (Å²) in [6.07, 6.45) is 3.25. The van der Waals surface area contributed by atoms with Gasteiger partial charge in [-0.2, -0.15) is 0 Å². The third-order valence-corrected chi connectivity index (χ3v) is 2.57. The molecule has 4 nitrogen and oxygen atoms in total. The fourth-order valence-corrected chi connectivity index (χ4v) is 1.49. The molecule has 0 saturated carbocycles. The first-order valence-corrected chi connectivity index (χ1v) is 6.83. The van der Waals surface area contributed by atoms with Crippen molar-refractivity contribution in [2.24, 2.45) is 0 Å². The van der Waals surface area contributed by atoms with Crippen molar-refractivity contribution in [1.29, 1.82) is 0 Å². The van der Waals surface area contributed by atoms with Crippen LogP contribution in [0.5, 0.6) is 0 Å². The maximum absolute atomic E-state index is 11.7. The van der Waals surface area contributed by atoms with E-state index in [0.29, 0.717) is 6.42 Å². The number of hydrogen-bond acceptors (Lipinski definition) is 4. The molecule has 0 radical (unpaired) electrons. The molecular formula is C17H20O4. The predicted molar refractivity (Wildman–Crippen MR) is 81.2 cm³/mol. The molecule has 0 amide bonds. The number of carbonyl (C=O) groups is 2. The van der Waals surface area contributed by atoms with Crippen molar-refractivity contribution in [3.63, 3.8) is 0 Å². The van der Waals surface area contributed by atoms with Crippen LogP contribution in [-0.2, 0) is 19.1 Å². The fourth-order valence-electron chi connectivity index (χ4n) is 1.49. The highest BCUT2D eigenvalue weighted by Gasteiger charge is 2.17. The van der Waals surface area contributed by atoms with Crippen LogP contribution in [0.1, 0.15) is 32.3 Å². The normalized spacial score (nSPS) is 11.9. The van der Waals surface area contributed by atoms with E-state index >= 15 is 0 Å². The molecule has 112 valence electrons. The highest BCUT2D eigenvalue weighted by molar-refractivity contribution is 5.88. The Morgan fingerprint density at radius 3 is 2.48 bits per heavy atom. The standard InChI is InChI=1S/C17H20O4/c1-4-8-16(21-17(19)13(2)3)20-15(18)12-11-14-9-6-5-7-10-14/h5-7,9-12,16H,2,4,8H2,1,3H3/b12-11+. The first-order valence-electron chi connectivity index (χ1n) is 6.83. The average molecular weight is 288 g/mol. The van der Waals surface area contributed by atoms with Gasteiger partial charge in [-0.15, -0.1) is 0 Å². The molecule has 1 aromatic rings. The van der Waals surface area contributed by atoms with Crippen molar-refractivity contribution in [3.8, 4) is 0 Å². The van der Waals surface area contributed by atoms with Gasteiger partial charge in [-0.3, -0.25) is 0 Å². The number of benzene rings is 1. The van der Waals surface area contributed by atoms with Crippen LogP contribution in [0.25, 0.3) is 6.08 Å². The van der Waals surface area contributed by atoms with Gasteiger partial charge in [0.2, 0.25) is 6.29 Å². The molecule has 0 N–H and O–H groups in total. The molecule has 1 atom stereocenters. The second kappa shape index (κ2) is 8.74. The Hall–Kier alpha value is -2.36. The SMILES string of the molecule is C=C(C)C(=O)OC(CCC)OC(=O)/C=C/c1ccccc1. The van der Waals surface area contributed by atoms with Crippen molar-refractivity contribution in [2.45, 2.75) is 33.0 Å². The van der Waals surface area contributed by atoms with Crippen LogP contribution in [0, 0.1) is 0 Å². The molecule has 21 heavy (non-hydrogen) atoms. The molecule has 0 bridgehead atoms. The fraction of sp³-hybridized carbons (Fsp3) is 0.294. The third-order valence-electron chi connectivity index (χ3n) is 2.57. The third kappa shape index (κ3) is 6.56. The summed E-state index contributed by atoms with van der Waals surface area (Å²) in [5, 5.41) is 0. The number of rotatable bonds is 7. The van der Waals surface area contributed by atoms with Gasteiger partial charge < -0.3 is 9.47 Å². The van der Waals surface area contributed by atoms with Crippen LogP contribution in [0.3, 0.4) is 0 Å². The molecule has 0 aromatic heterocycles. The Morgan fingerprint density at radius 1 is 1.24 bits per heavy atom. The van der Waals surface area contributed by atoms with Gasteiger partial charge in [-0.25, -0.2) is 9.59 Å². The minimum Gasteiger partial charge on any atom is -0.422 e. The van der Waals surface area contributed by atoms with Crippen molar-refractivity contribution >= 4 is 18.0 Å². The summed E-state index contributed by atoms with van der Waals surface area (Å²) in [7, 11) is 0. The Balaban J connectivity index is 2.58.